The molecule has 0 radical (unpaired) electrons. The second-order valence-corrected chi connectivity index (χ2v) is 7.76. The van der Waals surface area contributed by atoms with Crippen molar-refractivity contribution in [1.82, 2.24) is 0 Å². The fourth-order valence-electron chi connectivity index (χ4n) is 1.78. The highest BCUT2D eigenvalue weighted by Gasteiger charge is 2.33. The van der Waals surface area contributed by atoms with Crippen molar-refractivity contribution in [1.29, 1.82) is 0 Å². The van der Waals surface area contributed by atoms with E-state index < -0.39 is 31.2 Å². The molecule has 0 aliphatic rings. The average molecular weight is 295 g/mol. The first-order valence-electron chi connectivity index (χ1n) is 6.78. The van der Waals surface area contributed by atoms with Gasteiger partial charge in [-0.2, -0.15) is 0 Å². The van der Waals surface area contributed by atoms with Gasteiger partial charge in [0.05, 0.1) is 11.7 Å². The summed E-state index contributed by atoms with van der Waals surface area (Å²) in [6.45, 7) is 11.6. The molecule has 0 aliphatic heterocycles. The topological polar surface area (TPSA) is 58.9 Å². The van der Waals surface area contributed by atoms with E-state index in [4.69, 9.17) is 8.85 Å². The minimum atomic E-state index is -1.05. The van der Waals surface area contributed by atoms with Crippen molar-refractivity contribution in [2.24, 2.45) is 5.41 Å². The van der Waals surface area contributed by atoms with Gasteiger partial charge in [-0.15, -0.1) is 0 Å². The van der Waals surface area contributed by atoms with Gasteiger partial charge in [0, 0.05) is 5.41 Å². The van der Waals surface area contributed by atoms with E-state index in [-0.39, 0.29) is 11.7 Å². The molecule has 0 fully saturated rings. The van der Waals surface area contributed by atoms with E-state index in [0.717, 1.165) is 6.42 Å². The molecule has 1 unspecified atom stereocenters. The van der Waals surface area contributed by atoms with Crippen LogP contribution in [0.2, 0.25) is 13.1 Å². The predicted octanol–water partition coefficient (Wildman–Crippen LogP) is 0.548. The third-order valence-electron chi connectivity index (χ3n) is 3.15. The van der Waals surface area contributed by atoms with Crippen LogP contribution in [0.3, 0.4) is 0 Å². The van der Waals surface area contributed by atoms with Gasteiger partial charge in [0.2, 0.25) is 0 Å². The Morgan fingerprint density at radius 3 is 1.83 bits per heavy atom. The molecule has 0 heterocycles. The molecule has 4 nitrogen and oxygen atoms in total. The highest BCUT2D eigenvalue weighted by atomic mass is 28.2. The third-order valence-corrected chi connectivity index (χ3v) is 4.42. The number of aliphatic hydroxyl groups is 2. The number of aliphatic hydroxyl groups excluding tert-OH is 1. The molecule has 0 saturated carbocycles. The van der Waals surface area contributed by atoms with Crippen LogP contribution < -0.4 is 0 Å². The zero-order chi connectivity index (χ0) is 14.4. The second kappa shape index (κ2) is 7.76. The first kappa shape index (κ1) is 18.3. The van der Waals surface area contributed by atoms with E-state index in [9.17, 15) is 10.2 Å². The zero-order valence-electron chi connectivity index (χ0n) is 12.7. The van der Waals surface area contributed by atoms with E-state index in [0.29, 0.717) is 6.42 Å². The zero-order valence-corrected chi connectivity index (χ0v) is 15.5. The molecule has 1 atom stereocenters. The van der Waals surface area contributed by atoms with E-state index in [2.05, 4.69) is 26.9 Å². The van der Waals surface area contributed by atoms with Gasteiger partial charge >= 0.3 is 0 Å². The van der Waals surface area contributed by atoms with Crippen LogP contribution in [-0.2, 0) is 8.85 Å². The van der Waals surface area contributed by atoms with Gasteiger partial charge < -0.3 is 19.1 Å². The minimum Gasteiger partial charge on any atom is -0.400 e. The van der Waals surface area contributed by atoms with Crippen molar-refractivity contribution in [2.45, 2.75) is 71.6 Å². The molecule has 6 heteroatoms. The van der Waals surface area contributed by atoms with Gasteiger partial charge in [-0.25, -0.2) is 0 Å². The van der Waals surface area contributed by atoms with Crippen molar-refractivity contribution in [3.63, 3.8) is 0 Å². The third kappa shape index (κ3) is 6.44. The fraction of sp³-hybridized carbons (Fsp3) is 1.00. The van der Waals surface area contributed by atoms with Gasteiger partial charge in [0.15, 0.2) is 19.5 Å². The molecule has 0 saturated heterocycles. The quantitative estimate of drug-likeness (QED) is 0.482. The largest absolute Gasteiger partial charge is 0.400 e. The summed E-state index contributed by atoms with van der Waals surface area (Å²) in [4.78, 5) is 0. The summed E-state index contributed by atoms with van der Waals surface area (Å²) >= 11 is 0. The molecule has 0 bridgehead atoms. The molecule has 0 aromatic rings. The average Bonchev–Trinajstić information content (AvgIpc) is 2.24. The SMILES string of the molecule is C[SiH2]OC(O[SiH2]C)C(C)(C)CCC(O)C(C)(C)O. The molecular formula is C12H30O4Si2. The lowest BCUT2D eigenvalue weighted by molar-refractivity contribution is -0.0976. The normalized spacial score (nSPS) is 18.0. The molecule has 0 aliphatic carbocycles. The molecule has 0 amide bonds. The highest BCUT2D eigenvalue weighted by Crippen LogP contribution is 2.31. The fourth-order valence-corrected chi connectivity index (χ4v) is 3.67. The Balaban J connectivity index is 4.42. The summed E-state index contributed by atoms with van der Waals surface area (Å²) in [6.07, 6.45) is 0.456. The number of rotatable bonds is 9. The summed E-state index contributed by atoms with van der Waals surface area (Å²) in [6, 6.07) is 0. The Hall–Kier alpha value is 0.274. The molecule has 110 valence electrons. The molecule has 0 aromatic carbocycles. The lowest BCUT2D eigenvalue weighted by Gasteiger charge is -2.36. The van der Waals surface area contributed by atoms with E-state index in [1.807, 2.05) is 0 Å². The Morgan fingerprint density at radius 1 is 1.06 bits per heavy atom. The second-order valence-electron chi connectivity index (χ2n) is 5.94. The van der Waals surface area contributed by atoms with Crippen LogP contribution in [0, 0.1) is 5.41 Å². The molecule has 2 N–H and O–H groups in total. The summed E-state index contributed by atoms with van der Waals surface area (Å²) in [7, 11) is -1.02. The minimum absolute atomic E-state index is 0.127. The molecule has 0 aromatic heterocycles. The highest BCUT2D eigenvalue weighted by molar-refractivity contribution is 6.26. The first-order chi connectivity index (χ1) is 8.15. The van der Waals surface area contributed by atoms with Crippen LogP contribution >= 0.6 is 0 Å². The molecule has 0 spiro atoms. The van der Waals surface area contributed by atoms with Crippen LogP contribution in [0.25, 0.3) is 0 Å². The van der Waals surface area contributed by atoms with Crippen molar-refractivity contribution in [3.05, 3.63) is 0 Å². The van der Waals surface area contributed by atoms with Crippen molar-refractivity contribution in [2.75, 3.05) is 0 Å². The van der Waals surface area contributed by atoms with Gasteiger partial charge in [0.25, 0.3) is 0 Å². The van der Waals surface area contributed by atoms with Gasteiger partial charge in [0.1, 0.15) is 6.29 Å². The maximum atomic E-state index is 9.88. The van der Waals surface area contributed by atoms with Crippen LogP contribution in [0.1, 0.15) is 40.5 Å². The van der Waals surface area contributed by atoms with E-state index >= 15 is 0 Å². The van der Waals surface area contributed by atoms with Crippen LogP contribution in [0.5, 0.6) is 0 Å². The lowest BCUT2D eigenvalue weighted by Crippen LogP contribution is -2.40. The standard InChI is InChI=1S/C12H30O4Si2/c1-11(2,10(15-17-5)16-18-6)8-7-9(13)12(3,4)14/h9-10,13-14H,7-8,17-18H2,1-6H3. The van der Waals surface area contributed by atoms with E-state index in [1.54, 1.807) is 13.8 Å². The van der Waals surface area contributed by atoms with Crippen molar-refractivity contribution in [3.8, 4) is 0 Å². The summed E-state index contributed by atoms with van der Waals surface area (Å²) in [5.41, 5.74) is -1.18. The number of hydrogen-bond acceptors (Lipinski definition) is 4. The monoisotopic (exact) mass is 294 g/mol. The summed E-state index contributed by atoms with van der Waals surface area (Å²) in [5, 5.41) is 19.6. The van der Waals surface area contributed by atoms with Gasteiger partial charge in [-0.05, 0) is 26.7 Å². The Bertz CT molecular complexity index is 223. The van der Waals surface area contributed by atoms with Crippen molar-refractivity contribution < 1.29 is 19.1 Å². The van der Waals surface area contributed by atoms with Gasteiger partial charge in [-0.1, -0.05) is 26.9 Å². The molecular weight excluding hydrogens is 264 g/mol. The predicted molar refractivity (Wildman–Crippen MR) is 80.1 cm³/mol. The lowest BCUT2D eigenvalue weighted by atomic mass is 9.83. The summed E-state index contributed by atoms with van der Waals surface area (Å²) < 4.78 is 11.5. The number of hydrogen-bond donors (Lipinski definition) is 2. The smallest absolute Gasteiger partial charge is 0.161 e. The first-order valence-corrected chi connectivity index (χ1v) is 10.8. The van der Waals surface area contributed by atoms with Crippen LogP contribution in [0.15, 0.2) is 0 Å². The summed E-state index contributed by atoms with van der Waals surface area (Å²) in [5.74, 6) is 0. The van der Waals surface area contributed by atoms with Gasteiger partial charge in [-0.3, -0.25) is 0 Å². The maximum absolute atomic E-state index is 9.88. The van der Waals surface area contributed by atoms with E-state index in [1.165, 1.54) is 0 Å². The Labute approximate surface area is 116 Å². The van der Waals surface area contributed by atoms with Crippen LogP contribution in [-0.4, -0.2) is 47.7 Å². The van der Waals surface area contributed by atoms with Crippen molar-refractivity contribution >= 4 is 19.5 Å². The van der Waals surface area contributed by atoms with Crippen LogP contribution in [0.4, 0.5) is 0 Å². The Kier molecular flexibility index (Phi) is 7.88. The molecule has 0 rings (SSSR count). The Morgan fingerprint density at radius 2 is 1.50 bits per heavy atom. The maximum Gasteiger partial charge on any atom is 0.161 e. The molecule has 18 heavy (non-hydrogen) atoms.